The Kier molecular flexibility index (Phi) is 8.78. The van der Waals surface area contributed by atoms with Crippen LogP contribution in [0.2, 0.25) is 0 Å². The van der Waals surface area contributed by atoms with Gasteiger partial charge in [-0.15, -0.1) is 11.3 Å². The smallest absolute Gasteiger partial charge is 0.321 e. The zero-order valence-electron chi connectivity index (χ0n) is 30.5. The van der Waals surface area contributed by atoms with Gasteiger partial charge in [0.25, 0.3) is 0 Å². The van der Waals surface area contributed by atoms with Crippen molar-refractivity contribution in [2.75, 3.05) is 25.5 Å². The number of aliphatic hydroxyl groups is 2. The van der Waals surface area contributed by atoms with Crippen LogP contribution >= 0.6 is 11.3 Å². The number of hydrogen-bond acceptors (Lipinski definition) is 6. The normalized spacial score (nSPS) is 35.2. The molecule has 8 atom stereocenters. The van der Waals surface area contributed by atoms with Crippen molar-refractivity contribution in [3.05, 3.63) is 106 Å². The summed E-state index contributed by atoms with van der Waals surface area (Å²) in [6.45, 7) is 4.95. The summed E-state index contributed by atoms with van der Waals surface area (Å²) in [6, 6.07) is 14.2. The summed E-state index contributed by atoms with van der Waals surface area (Å²) >= 11 is 1.63. The summed E-state index contributed by atoms with van der Waals surface area (Å²) in [5.41, 5.74) is -2.26. The maximum atomic E-state index is 14.7. The molecule has 1 unspecified atom stereocenters. The molecular weight excluding hydrogens is 695 g/mol. The van der Waals surface area contributed by atoms with Gasteiger partial charge in [0.1, 0.15) is 5.75 Å². The molecule has 1 aromatic heterocycles. The third-order valence-corrected chi connectivity index (χ3v) is 15.4. The van der Waals surface area contributed by atoms with E-state index in [0.29, 0.717) is 62.1 Å². The number of Topliss-reactive ketones (excluding diaryl/α,β-unsaturated/α-hetero) is 1. The lowest BCUT2D eigenvalue weighted by Crippen LogP contribution is -2.67. The van der Waals surface area contributed by atoms with Gasteiger partial charge in [0.05, 0.1) is 25.4 Å². The maximum absolute atomic E-state index is 14.7. The number of ketones is 1. The number of methoxy groups -OCH3 is 1. The minimum Gasteiger partial charge on any atom is -0.497 e. The minimum absolute atomic E-state index is 0.0375. The van der Waals surface area contributed by atoms with Crippen LogP contribution < -0.4 is 10.1 Å². The highest BCUT2D eigenvalue weighted by molar-refractivity contribution is 7.09. The highest BCUT2D eigenvalue weighted by Gasteiger charge is 2.74. The van der Waals surface area contributed by atoms with Crippen molar-refractivity contribution in [3.63, 3.8) is 0 Å². The van der Waals surface area contributed by atoms with Gasteiger partial charge in [0, 0.05) is 44.5 Å². The molecule has 3 N–H and O–H groups in total. The Morgan fingerprint density at radius 3 is 2.42 bits per heavy atom. The number of urea groups is 1. The third kappa shape index (κ3) is 5.45. The number of carbonyl (C=O) groups is 2. The number of benzene rings is 2. The third-order valence-electron chi connectivity index (χ3n) is 14.4. The van der Waals surface area contributed by atoms with Gasteiger partial charge in [0.15, 0.2) is 17.4 Å². The van der Waals surface area contributed by atoms with E-state index in [1.54, 1.807) is 47.6 Å². The fraction of sp³-hybridized carbons (Fsp3) is 0.488. The number of halogens is 2. The van der Waals surface area contributed by atoms with Crippen LogP contribution in [0, 0.1) is 45.1 Å². The molecule has 0 saturated heterocycles. The Balaban J connectivity index is 1.17. The Morgan fingerprint density at radius 2 is 1.70 bits per heavy atom. The Hall–Kier alpha value is -3.86. The van der Waals surface area contributed by atoms with E-state index in [2.05, 4.69) is 37.4 Å². The van der Waals surface area contributed by atoms with E-state index in [1.165, 1.54) is 6.07 Å². The molecule has 3 saturated carbocycles. The molecule has 53 heavy (non-hydrogen) atoms. The van der Waals surface area contributed by atoms with Crippen LogP contribution in [-0.2, 0) is 6.42 Å². The maximum Gasteiger partial charge on any atom is 0.321 e. The Morgan fingerprint density at radius 1 is 0.962 bits per heavy atom. The van der Waals surface area contributed by atoms with Gasteiger partial charge >= 0.3 is 6.03 Å². The highest BCUT2D eigenvalue weighted by atomic mass is 32.1. The Labute approximate surface area is 313 Å². The lowest BCUT2D eigenvalue weighted by atomic mass is 9.32. The van der Waals surface area contributed by atoms with Crippen LogP contribution in [0.15, 0.2) is 83.8 Å². The van der Waals surface area contributed by atoms with Crippen molar-refractivity contribution in [2.24, 2.45) is 33.5 Å². The summed E-state index contributed by atoms with van der Waals surface area (Å²) in [7, 11) is 1.59. The number of amides is 2. The van der Waals surface area contributed by atoms with E-state index >= 15 is 0 Å². The SMILES string of the molecule is COc1ccc(NC(=O)N(CCc2cccs2)C[C@]2(O)CC[C@H]3[C@]45C=C[C@@]6(C=C4C(=O)c4ccc(F)c(F)c4)CC(O)CC[C@]6(C)[C@H]5CC[C@@]32C)cc1. The van der Waals surface area contributed by atoms with Crippen molar-refractivity contribution in [1.82, 2.24) is 4.90 Å². The summed E-state index contributed by atoms with van der Waals surface area (Å²) in [5.74, 6) is -1.87. The molecule has 280 valence electrons. The molecule has 2 aromatic carbocycles. The van der Waals surface area contributed by atoms with E-state index in [4.69, 9.17) is 4.74 Å². The molecule has 2 bridgehead atoms. The van der Waals surface area contributed by atoms with Crippen molar-refractivity contribution in [1.29, 1.82) is 0 Å². The van der Waals surface area contributed by atoms with Gasteiger partial charge in [0.2, 0.25) is 0 Å². The van der Waals surface area contributed by atoms with Crippen LogP contribution in [0.3, 0.4) is 0 Å². The summed E-state index contributed by atoms with van der Waals surface area (Å²) < 4.78 is 34.0. The first kappa shape index (κ1) is 36.1. The zero-order chi connectivity index (χ0) is 37.4. The van der Waals surface area contributed by atoms with E-state index in [-0.39, 0.29) is 41.2 Å². The van der Waals surface area contributed by atoms with Gasteiger partial charge in [-0.05, 0) is 123 Å². The lowest BCUT2D eigenvalue weighted by Gasteiger charge is -2.71. The molecule has 0 radical (unpaired) electrons. The minimum atomic E-state index is -1.27. The second-order valence-electron chi connectivity index (χ2n) is 16.7. The van der Waals surface area contributed by atoms with Gasteiger partial charge < -0.3 is 25.2 Å². The zero-order valence-corrected chi connectivity index (χ0v) is 31.4. The van der Waals surface area contributed by atoms with Crippen molar-refractivity contribution in [2.45, 2.75) is 76.9 Å². The lowest BCUT2D eigenvalue weighted by molar-refractivity contribution is -0.174. The number of nitrogens with one attached hydrogen (secondary N) is 1. The Bertz CT molecular complexity index is 1980. The number of fused-ring (bicyclic) bond motifs is 1. The summed E-state index contributed by atoms with van der Waals surface area (Å²) in [4.78, 5) is 31.7. The van der Waals surface area contributed by atoms with Crippen molar-refractivity contribution in [3.8, 4) is 5.75 Å². The van der Waals surface area contributed by atoms with Crippen LogP contribution in [-0.4, -0.2) is 58.8 Å². The van der Waals surface area contributed by atoms with Crippen LogP contribution in [0.5, 0.6) is 5.75 Å². The molecule has 1 heterocycles. The number of anilines is 1. The number of ether oxygens (including phenoxy) is 1. The standard InChI is InChI=1S/C43H48F2N2O5S/c1-39-16-12-29(48)24-41(39)19-20-43(32(25-41)37(49)27-6-11-33(44)34(45)23-27)35(39)13-17-40(2)36(43)14-18-42(40,51)26-47(21-15-31-5-4-22-53-31)38(50)46-28-7-9-30(52-3)10-8-28/h4-11,19-20,22-23,25,29,35-36,48,51H,12-18,21,24,26H2,1-3H3,(H,46,50)/t29?,35-,36-,39-,40+,41+,42-,43-/m1/s1. The molecule has 6 aliphatic rings. The second-order valence-corrected chi connectivity index (χ2v) is 17.7. The van der Waals surface area contributed by atoms with E-state index in [0.717, 1.165) is 29.9 Å². The van der Waals surface area contributed by atoms with Gasteiger partial charge in [-0.3, -0.25) is 4.79 Å². The van der Waals surface area contributed by atoms with Crippen molar-refractivity contribution < 1.29 is 33.3 Å². The summed E-state index contributed by atoms with van der Waals surface area (Å²) in [6.07, 6.45) is 11.1. The van der Waals surface area contributed by atoms with Gasteiger partial charge in [-0.2, -0.15) is 0 Å². The number of nitrogens with zero attached hydrogens (tertiary/aromatic N) is 1. The molecule has 2 amide bonds. The van der Waals surface area contributed by atoms with E-state index in [1.807, 2.05) is 17.5 Å². The topological polar surface area (TPSA) is 99.1 Å². The number of rotatable bonds is 9. The quantitative estimate of drug-likeness (QED) is 0.151. The van der Waals surface area contributed by atoms with E-state index < -0.39 is 39.6 Å². The molecule has 10 heteroatoms. The molecule has 3 aromatic rings. The van der Waals surface area contributed by atoms with Crippen LogP contribution in [0.1, 0.15) is 74.0 Å². The first-order valence-corrected chi connectivity index (χ1v) is 19.7. The molecule has 3 fully saturated rings. The number of carbonyl (C=O) groups excluding carboxylic acids is 2. The number of thiophene rings is 1. The molecule has 0 aliphatic heterocycles. The fourth-order valence-corrected chi connectivity index (χ4v) is 12.2. The van der Waals surface area contributed by atoms with Crippen LogP contribution in [0.4, 0.5) is 19.3 Å². The molecule has 2 spiro atoms. The largest absolute Gasteiger partial charge is 0.497 e. The molecular formula is C43H48F2N2O5S. The van der Waals surface area contributed by atoms with E-state index in [9.17, 15) is 28.6 Å². The average molecular weight is 743 g/mol. The number of allylic oxidation sites excluding steroid dienone is 4. The van der Waals surface area contributed by atoms with Crippen molar-refractivity contribution >= 4 is 28.8 Å². The first-order chi connectivity index (χ1) is 25.3. The fourth-order valence-electron chi connectivity index (χ4n) is 11.5. The first-order valence-electron chi connectivity index (χ1n) is 18.8. The number of aliphatic hydroxyl groups excluding tert-OH is 1. The molecule has 6 aliphatic carbocycles. The summed E-state index contributed by atoms with van der Waals surface area (Å²) in [5, 5.41) is 29.0. The number of hydrogen-bond donors (Lipinski definition) is 3. The second kappa shape index (κ2) is 12.9. The van der Waals surface area contributed by atoms with Crippen LogP contribution in [0.25, 0.3) is 0 Å². The predicted molar refractivity (Wildman–Crippen MR) is 201 cm³/mol. The predicted octanol–water partition coefficient (Wildman–Crippen LogP) is 8.59. The van der Waals surface area contributed by atoms with Gasteiger partial charge in [-0.25, -0.2) is 13.6 Å². The highest BCUT2D eigenvalue weighted by Crippen LogP contribution is 2.78. The monoisotopic (exact) mass is 742 g/mol. The molecule has 9 rings (SSSR count). The average Bonchev–Trinajstić information content (AvgIpc) is 3.76. The molecule has 7 nitrogen and oxygen atoms in total. The van der Waals surface area contributed by atoms with Gasteiger partial charge in [-0.1, -0.05) is 38.1 Å².